The van der Waals surface area contributed by atoms with Crippen LogP contribution in [0.2, 0.25) is 0 Å². The maximum atomic E-state index is 9.99. The Hall–Kier alpha value is -5.71. The number of nitrogens with zero attached hydrogens (tertiary/aromatic N) is 1. The second kappa shape index (κ2) is 45.3. The molecule has 0 spiro atoms. The second-order valence-corrected chi connectivity index (χ2v) is 15.2. The van der Waals surface area contributed by atoms with Crippen molar-refractivity contribution in [3.05, 3.63) is 255 Å². The standard InChI is InChI=1S/C21H16BNO.C14H16BNO.C12H11BO.C6H5.7C2H6.BrH.Mg/c1-3-11-18(12-4-1)22(19-13-5-2-6-14-19)23-16-8-10-17-9-7-15-20(24-22)21(17)23;1-3-7-13(8-4-1)15(16-11-12-17-15)14-9-5-2-6-10-14;14-13(11-7-3-1-4-8-11)12-9-5-2-6-10-12;1-2-4-6-5-3-1;7*1-2;;/h1-16H;1-10H,11-12,16H2;1-10,14H;1-5H;7*1-2H3;1H;/q;;;-1;;;;;;;;;+2/p-1. The maximum absolute atomic E-state index is 9.99. The molecule has 8 aromatic carbocycles. The zero-order chi connectivity index (χ0) is 55.6. The third-order valence-electron chi connectivity index (χ3n) is 11.4. The molecule has 0 saturated carbocycles. The van der Waals surface area contributed by atoms with Gasteiger partial charge in [-0.1, -0.05) is 296 Å². The van der Waals surface area contributed by atoms with Crippen LogP contribution in [0.25, 0.3) is 10.9 Å². The molecular weight excluding hydrogens is 1020 g/mol. The number of nitrogens with two attached hydrogens (primary N) is 1. The summed E-state index contributed by atoms with van der Waals surface area (Å²) in [5, 5.41) is 13.5. The number of quaternary nitrogens is 1. The molecule has 11 rings (SSSR count). The summed E-state index contributed by atoms with van der Waals surface area (Å²) in [4.78, 5) is 0. The number of aromatic nitrogens is 1. The maximum Gasteiger partial charge on any atom is 2.00 e. The number of rotatable bonds is 6. The summed E-state index contributed by atoms with van der Waals surface area (Å²) in [5.41, 5.74) is 7.92. The normalized spacial score (nSPS) is 11.5. The first kappa shape index (κ1) is 73.4. The molecule has 0 aliphatic carbocycles. The van der Waals surface area contributed by atoms with Crippen LogP contribution >= 0.6 is 0 Å². The predicted octanol–water partition coefficient (Wildman–Crippen LogP) is 8.54. The van der Waals surface area contributed by atoms with Crippen molar-refractivity contribution in [2.45, 2.75) is 96.9 Å². The molecule has 0 atom stereocenters. The Morgan fingerprint density at radius 3 is 1.13 bits per heavy atom. The largest absolute Gasteiger partial charge is 2.00 e. The van der Waals surface area contributed by atoms with Crippen LogP contribution in [0.5, 0.6) is 5.75 Å². The van der Waals surface area contributed by atoms with E-state index in [1.165, 1.54) is 27.2 Å². The Kier molecular flexibility index (Phi) is 43.2. The fraction of sp³-hybridized carbons (Fsp3) is 0.239. The van der Waals surface area contributed by atoms with E-state index in [0.29, 0.717) is 0 Å². The molecule has 1 aromatic heterocycles. The fourth-order valence-corrected chi connectivity index (χ4v) is 8.54. The van der Waals surface area contributed by atoms with Crippen molar-refractivity contribution < 1.29 is 41.0 Å². The molecule has 1 fully saturated rings. The van der Waals surface area contributed by atoms with Crippen molar-refractivity contribution in [2.24, 2.45) is 0 Å². The summed E-state index contributed by atoms with van der Waals surface area (Å²) in [6, 6.07) is 84.4. The van der Waals surface area contributed by atoms with Crippen molar-refractivity contribution in [2.75, 3.05) is 13.2 Å². The van der Waals surface area contributed by atoms with E-state index in [9.17, 15) is 5.02 Å². The minimum Gasteiger partial charge on any atom is -1.00 e. The molecule has 10 heteroatoms. The van der Waals surface area contributed by atoms with Crippen LogP contribution in [-0.2, 0) is 4.65 Å². The van der Waals surface area contributed by atoms with Gasteiger partial charge in [-0.05, 0) is 35.2 Å². The van der Waals surface area contributed by atoms with E-state index in [2.05, 4.69) is 149 Å². The van der Waals surface area contributed by atoms with Crippen molar-refractivity contribution in [1.29, 1.82) is 0 Å². The third-order valence-corrected chi connectivity index (χ3v) is 11.4. The molecule has 0 amide bonds. The molecule has 1 saturated heterocycles. The molecular formula is C67H90B3BrMgN2O3. The first-order valence-corrected chi connectivity index (χ1v) is 28.0. The molecule has 2 aliphatic heterocycles. The minimum atomic E-state index is -1.53. The quantitative estimate of drug-likeness (QED) is 0.130. The van der Waals surface area contributed by atoms with Gasteiger partial charge in [0.15, 0.2) is 0 Å². The van der Waals surface area contributed by atoms with Gasteiger partial charge in [-0.2, -0.15) is 36.4 Å². The van der Waals surface area contributed by atoms with Crippen LogP contribution in [0.4, 0.5) is 0 Å². The van der Waals surface area contributed by atoms with Gasteiger partial charge in [0.05, 0.1) is 13.2 Å². The molecule has 5 nitrogen and oxygen atoms in total. The summed E-state index contributed by atoms with van der Waals surface area (Å²) in [5.74, 6) is 0.945. The molecule has 2 aliphatic rings. The van der Waals surface area contributed by atoms with Crippen LogP contribution in [0.15, 0.2) is 249 Å². The summed E-state index contributed by atoms with van der Waals surface area (Å²) in [7, 11) is 0. The van der Waals surface area contributed by atoms with Crippen LogP contribution in [-0.4, -0.2) is 61.1 Å². The van der Waals surface area contributed by atoms with Crippen molar-refractivity contribution >= 4 is 86.6 Å². The zero-order valence-corrected chi connectivity index (χ0v) is 52.2. The Morgan fingerprint density at radius 1 is 0.442 bits per heavy atom. The molecule has 404 valence electrons. The van der Waals surface area contributed by atoms with E-state index in [4.69, 9.17) is 9.31 Å². The Labute approximate surface area is 494 Å². The molecule has 3 heterocycles. The van der Waals surface area contributed by atoms with Gasteiger partial charge in [-0.25, -0.2) is 0 Å². The SMILES string of the molecule is CC.CC.CC.CC.CC.CC.CC.OB(c1ccccc1)c1ccccc1.[Br-].[Mg+2].[c-]1ccccc1.c1ccc([B-]2(c3ccccc3)Oc3cccc4ccc[n+]2c34)cc1.c1ccc([B-]2(c3ccccc3)[NH2+]CCO2)cc1. The van der Waals surface area contributed by atoms with Crippen molar-refractivity contribution in [3.63, 3.8) is 0 Å². The third kappa shape index (κ3) is 21.2. The van der Waals surface area contributed by atoms with E-state index >= 15 is 0 Å². The number of pyridine rings is 1. The molecule has 77 heavy (non-hydrogen) atoms. The van der Waals surface area contributed by atoms with Crippen molar-refractivity contribution in [3.8, 4) is 5.75 Å². The van der Waals surface area contributed by atoms with Crippen LogP contribution in [0.1, 0.15) is 96.9 Å². The predicted molar refractivity (Wildman–Crippen MR) is 339 cm³/mol. The van der Waals surface area contributed by atoms with Crippen LogP contribution in [0.3, 0.4) is 0 Å². The number of halogens is 1. The minimum absolute atomic E-state index is 0. The average molecular weight is 1110 g/mol. The first-order valence-electron chi connectivity index (χ1n) is 28.0. The van der Waals surface area contributed by atoms with Gasteiger partial charge < -0.3 is 41.0 Å². The smallest absolute Gasteiger partial charge is 1.00 e. The fourth-order valence-electron chi connectivity index (χ4n) is 8.54. The van der Waals surface area contributed by atoms with Gasteiger partial charge >= 0.3 is 42.9 Å². The van der Waals surface area contributed by atoms with Gasteiger partial charge in [-0.15, -0.1) is 10.9 Å². The van der Waals surface area contributed by atoms with Crippen molar-refractivity contribution in [1.82, 2.24) is 0 Å². The van der Waals surface area contributed by atoms with Gasteiger partial charge in [0, 0.05) is 5.39 Å². The van der Waals surface area contributed by atoms with E-state index < -0.39 is 19.9 Å². The van der Waals surface area contributed by atoms with E-state index in [-0.39, 0.29) is 40.0 Å². The number of hydrogen-bond donors (Lipinski definition) is 2. The average Bonchev–Trinajstić information content (AvgIpc) is 4.23. The molecule has 9 aromatic rings. The van der Waals surface area contributed by atoms with E-state index in [1.807, 2.05) is 212 Å². The van der Waals surface area contributed by atoms with Crippen LogP contribution in [0, 0.1) is 6.07 Å². The second-order valence-electron chi connectivity index (χ2n) is 15.2. The van der Waals surface area contributed by atoms with Gasteiger partial charge in [-0.3, -0.25) is 0 Å². The topological polar surface area (TPSA) is 59.2 Å². The Balaban J connectivity index is 0. The molecule has 3 N–H and O–H groups in total. The summed E-state index contributed by atoms with van der Waals surface area (Å²) < 4.78 is 15.1. The molecule has 0 bridgehead atoms. The number of benzene rings is 8. The number of hydrogen-bond acceptors (Lipinski definition) is 3. The first-order chi connectivity index (χ1) is 37.2. The Morgan fingerprint density at radius 2 is 0.792 bits per heavy atom. The van der Waals surface area contributed by atoms with Crippen LogP contribution < -0.4 is 64.1 Å². The van der Waals surface area contributed by atoms with Gasteiger partial charge in [0.2, 0.25) is 5.52 Å². The Bertz CT molecular complexity index is 2540. The summed E-state index contributed by atoms with van der Waals surface area (Å²) >= 11 is 0. The van der Waals surface area contributed by atoms with Gasteiger partial charge in [0.25, 0.3) is 0 Å². The molecule has 0 radical (unpaired) electrons. The zero-order valence-electron chi connectivity index (χ0n) is 49.2. The van der Waals surface area contributed by atoms with Gasteiger partial charge in [0.1, 0.15) is 11.9 Å². The monoisotopic (exact) mass is 1110 g/mol. The number of para-hydroxylation sites is 1. The molecule has 0 unspecified atom stereocenters. The van der Waals surface area contributed by atoms with E-state index in [0.717, 1.165) is 35.3 Å². The van der Waals surface area contributed by atoms with E-state index in [1.54, 1.807) is 0 Å². The summed E-state index contributed by atoms with van der Waals surface area (Å²) in [6.45, 7) is 26.7. The summed E-state index contributed by atoms with van der Waals surface area (Å²) in [6.07, 6.45) is 2.14.